The van der Waals surface area contributed by atoms with Crippen LogP contribution in [0, 0.1) is 11.8 Å². The first-order valence-corrected chi connectivity index (χ1v) is 10.8. The summed E-state index contributed by atoms with van der Waals surface area (Å²) >= 11 is 0. The average Bonchev–Trinajstić information content (AvgIpc) is 3.44. The minimum atomic E-state index is -0.246. The molecule has 3 aliphatic rings. The molecule has 1 aliphatic carbocycles. The monoisotopic (exact) mass is 411 g/mol. The zero-order valence-corrected chi connectivity index (χ0v) is 17.8. The van der Waals surface area contributed by atoms with Gasteiger partial charge in [-0.2, -0.15) is 0 Å². The van der Waals surface area contributed by atoms with Gasteiger partial charge in [0, 0.05) is 51.5 Å². The van der Waals surface area contributed by atoms with Crippen LogP contribution in [0.25, 0.3) is 11.0 Å². The van der Waals surface area contributed by atoms with Gasteiger partial charge in [-0.3, -0.25) is 9.59 Å². The lowest BCUT2D eigenvalue weighted by molar-refractivity contribution is -0.147. The summed E-state index contributed by atoms with van der Waals surface area (Å²) in [5.74, 6) is 0.386. The van der Waals surface area contributed by atoms with Crippen molar-refractivity contribution in [1.82, 2.24) is 19.8 Å². The number of carbonyl (C=O) groups excluding carboxylic acids is 2. The van der Waals surface area contributed by atoms with Crippen molar-refractivity contribution in [3.63, 3.8) is 0 Å². The number of oxime groups is 1. The number of carbonyl (C=O) groups is 2. The van der Waals surface area contributed by atoms with E-state index in [0.717, 1.165) is 42.4 Å². The van der Waals surface area contributed by atoms with Gasteiger partial charge in [0.15, 0.2) is 0 Å². The van der Waals surface area contributed by atoms with Crippen LogP contribution in [0.1, 0.15) is 50.0 Å². The third kappa shape index (κ3) is 3.09. The number of H-pyrrole nitrogens is 1. The Labute approximate surface area is 175 Å². The highest BCUT2D eigenvalue weighted by atomic mass is 16.7. The van der Waals surface area contributed by atoms with Crippen LogP contribution in [0.4, 0.5) is 0 Å². The van der Waals surface area contributed by atoms with Gasteiger partial charge in [0.2, 0.25) is 5.91 Å². The summed E-state index contributed by atoms with van der Waals surface area (Å²) in [4.78, 5) is 36.5. The lowest BCUT2D eigenvalue weighted by Gasteiger charge is -2.41. The Morgan fingerprint density at radius 2 is 2.20 bits per heavy atom. The van der Waals surface area contributed by atoms with Gasteiger partial charge in [0.05, 0.1) is 22.8 Å². The lowest BCUT2D eigenvalue weighted by atomic mass is 9.68. The van der Waals surface area contributed by atoms with Crippen molar-refractivity contribution in [2.24, 2.45) is 24.0 Å². The smallest absolute Gasteiger partial charge is 0.270 e. The van der Waals surface area contributed by atoms with E-state index in [-0.39, 0.29) is 29.4 Å². The second kappa shape index (κ2) is 6.89. The standard InChI is InChI=1S/C22H29N5O3/c1-13-4-7-27(21(29)17-8-18-16(24-17)5-6-26(18)3)19(13)12-23-20(28)15-10-22(11-15)9-14(2)25-30-22/h5-6,8,13,15,19,24H,4,7,9-12H2,1-3H3,(H,23,28). The average molecular weight is 412 g/mol. The Bertz CT molecular complexity index is 1030. The number of nitrogens with zero attached hydrogens (tertiary/aromatic N) is 3. The molecule has 2 N–H and O–H groups in total. The summed E-state index contributed by atoms with van der Waals surface area (Å²) in [6.07, 6.45) is 5.18. The Morgan fingerprint density at radius 3 is 2.90 bits per heavy atom. The quantitative estimate of drug-likeness (QED) is 0.809. The number of likely N-dealkylation sites (tertiary alicyclic amines) is 1. The molecule has 2 atom stereocenters. The van der Waals surface area contributed by atoms with Gasteiger partial charge in [-0.25, -0.2) is 0 Å². The lowest BCUT2D eigenvalue weighted by Crippen LogP contribution is -2.52. The zero-order chi connectivity index (χ0) is 21.0. The van der Waals surface area contributed by atoms with E-state index >= 15 is 0 Å². The van der Waals surface area contributed by atoms with E-state index in [2.05, 4.69) is 22.4 Å². The number of hydrogen-bond donors (Lipinski definition) is 2. The number of rotatable bonds is 4. The van der Waals surface area contributed by atoms with Crippen LogP contribution in [0.2, 0.25) is 0 Å². The summed E-state index contributed by atoms with van der Waals surface area (Å²) in [6.45, 7) is 5.32. The molecule has 2 fully saturated rings. The summed E-state index contributed by atoms with van der Waals surface area (Å²) in [6, 6.07) is 3.90. The predicted octanol–water partition coefficient (Wildman–Crippen LogP) is 2.42. The molecular formula is C22H29N5O3. The van der Waals surface area contributed by atoms with Crippen LogP contribution in [0.3, 0.4) is 0 Å². The summed E-state index contributed by atoms with van der Waals surface area (Å²) in [7, 11) is 1.97. The van der Waals surface area contributed by atoms with Gasteiger partial charge < -0.3 is 24.6 Å². The molecule has 160 valence electrons. The van der Waals surface area contributed by atoms with Crippen molar-refractivity contribution in [2.45, 2.75) is 51.2 Å². The molecule has 0 bridgehead atoms. The van der Waals surface area contributed by atoms with Crippen LogP contribution in [0.15, 0.2) is 23.5 Å². The first-order valence-electron chi connectivity index (χ1n) is 10.8. The number of amides is 2. The maximum absolute atomic E-state index is 13.2. The molecule has 2 aromatic rings. The molecule has 2 amide bonds. The highest BCUT2D eigenvalue weighted by Gasteiger charge is 2.52. The molecule has 8 nitrogen and oxygen atoms in total. The molecule has 2 unspecified atom stereocenters. The van der Waals surface area contributed by atoms with Crippen molar-refractivity contribution < 1.29 is 14.4 Å². The SMILES string of the molecule is CC1=NOC2(C1)CC(C(=O)NCC1C(C)CCN1C(=O)c1cc3c(ccn3C)[nH]1)C2. The molecule has 0 aromatic carbocycles. The summed E-state index contributed by atoms with van der Waals surface area (Å²) in [5.41, 5.74) is 3.34. The molecule has 2 aromatic heterocycles. The van der Waals surface area contributed by atoms with Crippen LogP contribution in [-0.2, 0) is 16.7 Å². The normalized spacial score (nSPS) is 30.4. The van der Waals surface area contributed by atoms with Crippen LogP contribution in [-0.4, -0.2) is 56.7 Å². The number of fused-ring (bicyclic) bond motifs is 1. The van der Waals surface area contributed by atoms with E-state index in [4.69, 9.17) is 4.84 Å². The molecule has 5 rings (SSSR count). The molecule has 0 radical (unpaired) electrons. The van der Waals surface area contributed by atoms with E-state index in [1.54, 1.807) is 0 Å². The van der Waals surface area contributed by atoms with E-state index in [9.17, 15) is 9.59 Å². The highest BCUT2D eigenvalue weighted by Crippen LogP contribution is 2.46. The fraction of sp³-hybridized carbons (Fsp3) is 0.591. The summed E-state index contributed by atoms with van der Waals surface area (Å²) in [5, 5.41) is 7.14. The van der Waals surface area contributed by atoms with Crippen molar-refractivity contribution in [1.29, 1.82) is 0 Å². The number of nitrogens with one attached hydrogen (secondary N) is 2. The molecule has 30 heavy (non-hydrogen) atoms. The number of aromatic amines is 1. The van der Waals surface area contributed by atoms with Gasteiger partial charge in [-0.15, -0.1) is 0 Å². The van der Waals surface area contributed by atoms with E-state index in [1.165, 1.54) is 0 Å². The second-order valence-electron chi connectivity index (χ2n) is 9.37. The molecule has 1 spiro atoms. The van der Waals surface area contributed by atoms with E-state index < -0.39 is 0 Å². The van der Waals surface area contributed by atoms with E-state index in [1.807, 2.05) is 41.8 Å². The third-order valence-electron chi connectivity index (χ3n) is 7.11. The van der Waals surface area contributed by atoms with Crippen LogP contribution < -0.4 is 5.32 Å². The second-order valence-corrected chi connectivity index (χ2v) is 9.37. The Hall–Kier alpha value is -2.77. The molecular weight excluding hydrogens is 382 g/mol. The zero-order valence-electron chi connectivity index (χ0n) is 17.8. The van der Waals surface area contributed by atoms with Crippen molar-refractivity contribution in [3.05, 3.63) is 24.0 Å². The molecule has 1 saturated carbocycles. The van der Waals surface area contributed by atoms with Crippen LogP contribution in [0.5, 0.6) is 0 Å². The maximum Gasteiger partial charge on any atom is 0.270 e. The molecule has 4 heterocycles. The van der Waals surface area contributed by atoms with Gasteiger partial charge in [0.1, 0.15) is 11.3 Å². The first kappa shape index (κ1) is 19.2. The van der Waals surface area contributed by atoms with Crippen molar-refractivity contribution in [2.75, 3.05) is 13.1 Å². The Morgan fingerprint density at radius 1 is 1.40 bits per heavy atom. The minimum Gasteiger partial charge on any atom is -0.389 e. The molecule has 1 saturated heterocycles. The largest absolute Gasteiger partial charge is 0.389 e. The molecule has 8 heteroatoms. The predicted molar refractivity (Wildman–Crippen MR) is 113 cm³/mol. The van der Waals surface area contributed by atoms with Crippen LogP contribution >= 0.6 is 0 Å². The van der Waals surface area contributed by atoms with Gasteiger partial charge in [0.25, 0.3) is 5.91 Å². The Balaban J connectivity index is 1.20. The molecule has 2 aliphatic heterocycles. The van der Waals surface area contributed by atoms with Gasteiger partial charge in [-0.05, 0) is 31.4 Å². The van der Waals surface area contributed by atoms with E-state index in [0.29, 0.717) is 24.7 Å². The minimum absolute atomic E-state index is 0.00405. The first-order chi connectivity index (χ1) is 14.3. The summed E-state index contributed by atoms with van der Waals surface area (Å²) < 4.78 is 2.00. The number of aromatic nitrogens is 2. The fourth-order valence-corrected chi connectivity index (χ4v) is 5.28. The fourth-order valence-electron chi connectivity index (χ4n) is 5.28. The number of hydrogen-bond acceptors (Lipinski definition) is 4. The number of aryl methyl sites for hydroxylation is 1. The topological polar surface area (TPSA) is 91.7 Å². The maximum atomic E-state index is 13.2. The van der Waals surface area contributed by atoms with Crippen molar-refractivity contribution >= 4 is 28.6 Å². The van der Waals surface area contributed by atoms with Crippen molar-refractivity contribution in [3.8, 4) is 0 Å². The third-order valence-corrected chi connectivity index (χ3v) is 7.11. The van der Waals surface area contributed by atoms with Gasteiger partial charge >= 0.3 is 0 Å². The van der Waals surface area contributed by atoms with Gasteiger partial charge in [-0.1, -0.05) is 12.1 Å². The Kier molecular flexibility index (Phi) is 4.41. The highest BCUT2D eigenvalue weighted by molar-refractivity contribution is 5.97.